The van der Waals surface area contributed by atoms with Gasteiger partial charge in [0.15, 0.2) is 0 Å². The lowest BCUT2D eigenvalue weighted by Crippen LogP contribution is -2.24. The van der Waals surface area contributed by atoms with Crippen molar-refractivity contribution in [1.82, 2.24) is 0 Å². The van der Waals surface area contributed by atoms with Gasteiger partial charge >= 0.3 is 5.97 Å². The van der Waals surface area contributed by atoms with E-state index in [0.29, 0.717) is 0 Å². The highest BCUT2D eigenvalue weighted by atomic mass is 16.6. The fraction of sp³-hybridized carbons (Fsp3) is 0.462. The zero-order chi connectivity index (χ0) is 16.0. The Morgan fingerprint density at radius 2 is 2.10 bits per heavy atom. The smallest absolute Gasteiger partial charge is 0.308 e. The van der Waals surface area contributed by atoms with Gasteiger partial charge in [0, 0.05) is 6.07 Å². The van der Waals surface area contributed by atoms with Gasteiger partial charge in [-0.15, -0.1) is 0 Å². The first-order chi connectivity index (χ1) is 9.92. The molecule has 0 amide bonds. The van der Waals surface area contributed by atoms with Crippen LogP contribution in [0.15, 0.2) is 18.2 Å². The van der Waals surface area contributed by atoms with Gasteiger partial charge in [0.05, 0.1) is 31.2 Å². The molecule has 2 N–H and O–H groups in total. The molecule has 0 aliphatic carbocycles. The van der Waals surface area contributed by atoms with Crippen LogP contribution in [0.4, 0.5) is 5.69 Å². The number of methoxy groups -OCH3 is 1. The number of nitro benzene ring substituents is 1. The van der Waals surface area contributed by atoms with Gasteiger partial charge in [-0.2, -0.15) is 0 Å². The molecule has 0 aliphatic rings. The summed E-state index contributed by atoms with van der Waals surface area (Å²) in [6.07, 6.45) is -3.67. The molecular formula is C13H17NO7. The summed E-state index contributed by atoms with van der Waals surface area (Å²) >= 11 is 0. The fourth-order valence-electron chi connectivity index (χ4n) is 1.86. The number of ether oxygens (including phenoxy) is 2. The van der Waals surface area contributed by atoms with Crippen molar-refractivity contribution >= 4 is 11.7 Å². The first-order valence-corrected chi connectivity index (χ1v) is 6.25. The van der Waals surface area contributed by atoms with E-state index in [4.69, 9.17) is 4.74 Å². The lowest BCUT2D eigenvalue weighted by molar-refractivity contribution is -0.386. The Hall–Kier alpha value is -2.19. The van der Waals surface area contributed by atoms with Crippen molar-refractivity contribution in [3.05, 3.63) is 33.9 Å². The second-order valence-electron chi connectivity index (χ2n) is 4.17. The normalized spacial score (nSPS) is 13.3. The minimum atomic E-state index is -1.65. The topological polar surface area (TPSA) is 119 Å². The molecule has 8 heteroatoms. The number of hydrogen-bond acceptors (Lipinski definition) is 7. The van der Waals surface area contributed by atoms with Crippen LogP contribution in [-0.2, 0) is 9.53 Å². The summed E-state index contributed by atoms with van der Waals surface area (Å²) < 4.78 is 9.63. The SMILES string of the molecule is CCOC(=O)CC(O)C(O)c1c(OC)cccc1[N+](=O)[O-]. The number of carbonyl (C=O) groups excluding carboxylic acids is 1. The zero-order valence-corrected chi connectivity index (χ0v) is 11.7. The van der Waals surface area contributed by atoms with E-state index >= 15 is 0 Å². The molecule has 0 heterocycles. The van der Waals surface area contributed by atoms with Crippen molar-refractivity contribution in [2.45, 2.75) is 25.6 Å². The van der Waals surface area contributed by atoms with E-state index in [2.05, 4.69) is 4.74 Å². The van der Waals surface area contributed by atoms with Crippen LogP contribution < -0.4 is 4.74 Å². The molecule has 1 aromatic rings. The van der Waals surface area contributed by atoms with Gasteiger partial charge in [-0.1, -0.05) is 6.07 Å². The van der Waals surface area contributed by atoms with Crippen LogP contribution in [0.25, 0.3) is 0 Å². The fourth-order valence-corrected chi connectivity index (χ4v) is 1.86. The van der Waals surface area contributed by atoms with Crippen LogP contribution in [0.3, 0.4) is 0 Å². The van der Waals surface area contributed by atoms with Crippen molar-refractivity contribution in [3.8, 4) is 5.75 Å². The van der Waals surface area contributed by atoms with Crippen LogP contribution in [0.1, 0.15) is 25.0 Å². The molecule has 8 nitrogen and oxygen atoms in total. The lowest BCUT2D eigenvalue weighted by atomic mass is 9.99. The molecule has 2 atom stereocenters. The minimum Gasteiger partial charge on any atom is -0.496 e. The van der Waals surface area contributed by atoms with E-state index in [0.717, 1.165) is 0 Å². The number of aliphatic hydroxyl groups excluding tert-OH is 2. The third-order valence-corrected chi connectivity index (χ3v) is 2.80. The summed E-state index contributed by atoms with van der Waals surface area (Å²) in [5.74, 6) is -0.652. The third-order valence-electron chi connectivity index (χ3n) is 2.80. The van der Waals surface area contributed by atoms with Gasteiger partial charge < -0.3 is 19.7 Å². The Kier molecular flexibility index (Phi) is 6.07. The van der Waals surface area contributed by atoms with E-state index < -0.39 is 35.2 Å². The van der Waals surface area contributed by atoms with E-state index in [1.807, 2.05) is 0 Å². The molecule has 2 unspecified atom stereocenters. The molecular weight excluding hydrogens is 282 g/mol. The Labute approximate surface area is 121 Å². The molecule has 0 saturated carbocycles. The van der Waals surface area contributed by atoms with Crippen LogP contribution in [0.2, 0.25) is 0 Å². The second-order valence-corrected chi connectivity index (χ2v) is 4.17. The quantitative estimate of drug-likeness (QED) is 0.437. The van der Waals surface area contributed by atoms with Crippen LogP contribution >= 0.6 is 0 Å². The van der Waals surface area contributed by atoms with Gasteiger partial charge in [-0.05, 0) is 13.0 Å². The van der Waals surface area contributed by atoms with Gasteiger partial charge in [0.2, 0.25) is 0 Å². The first kappa shape index (κ1) is 16.9. The molecule has 0 radical (unpaired) electrons. The molecule has 0 bridgehead atoms. The molecule has 0 aromatic heterocycles. The molecule has 1 aromatic carbocycles. The maximum absolute atomic E-state index is 11.3. The van der Waals surface area contributed by atoms with Gasteiger partial charge in [0.25, 0.3) is 5.69 Å². The molecule has 116 valence electrons. The highest BCUT2D eigenvalue weighted by Crippen LogP contribution is 2.35. The second kappa shape index (κ2) is 7.55. The van der Waals surface area contributed by atoms with Gasteiger partial charge in [-0.25, -0.2) is 0 Å². The summed E-state index contributed by atoms with van der Waals surface area (Å²) in [7, 11) is 1.28. The summed E-state index contributed by atoms with van der Waals surface area (Å²) in [5.41, 5.74) is -0.577. The van der Waals surface area contributed by atoms with E-state index in [9.17, 15) is 25.1 Å². The van der Waals surface area contributed by atoms with Crippen molar-refractivity contribution in [3.63, 3.8) is 0 Å². The zero-order valence-electron chi connectivity index (χ0n) is 11.7. The highest BCUT2D eigenvalue weighted by Gasteiger charge is 2.31. The number of carbonyl (C=O) groups is 1. The predicted molar refractivity (Wildman–Crippen MR) is 71.9 cm³/mol. The monoisotopic (exact) mass is 299 g/mol. The highest BCUT2D eigenvalue weighted by molar-refractivity contribution is 5.70. The third kappa shape index (κ3) is 4.14. The molecule has 0 spiro atoms. The summed E-state index contributed by atoms with van der Waals surface area (Å²) in [6, 6.07) is 3.99. The predicted octanol–water partition coefficient (Wildman–Crippen LogP) is 0.951. The number of hydrogen-bond donors (Lipinski definition) is 2. The van der Waals surface area contributed by atoms with Crippen molar-refractivity contribution in [2.75, 3.05) is 13.7 Å². The number of nitro groups is 1. The number of esters is 1. The average Bonchev–Trinajstić information content (AvgIpc) is 2.45. The number of nitrogens with zero attached hydrogens (tertiary/aromatic N) is 1. The Bertz CT molecular complexity index is 517. The van der Waals surface area contributed by atoms with E-state index in [1.165, 1.54) is 25.3 Å². The van der Waals surface area contributed by atoms with Crippen molar-refractivity contribution in [2.24, 2.45) is 0 Å². The number of benzene rings is 1. The maximum atomic E-state index is 11.3. The summed E-state index contributed by atoms with van der Waals surface area (Å²) in [4.78, 5) is 21.6. The molecule has 1 rings (SSSR count). The molecule has 0 fully saturated rings. The van der Waals surface area contributed by atoms with Crippen LogP contribution in [0.5, 0.6) is 5.75 Å². The van der Waals surface area contributed by atoms with Crippen molar-refractivity contribution in [1.29, 1.82) is 0 Å². The Balaban J connectivity index is 3.07. The molecule has 0 saturated heterocycles. The van der Waals surface area contributed by atoms with Crippen LogP contribution in [-0.4, -0.2) is 40.9 Å². The summed E-state index contributed by atoms with van der Waals surface area (Å²) in [6.45, 7) is 1.74. The molecule has 21 heavy (non-hydrogen) atoms. The Morgan fingerprint density at radius 3 is 2.62 bits per heavy atom. The minimum absolute atomic E-state index is 0.0552. The van der Waals surface area contributed by atoms with E-state index in [1.54, 1.807) is 6.92 Å². The van der Waals surface area contributed by atoms with Crippen molar-refractivity contribution < 1.29 is 29.4 Å². The summed E-state index contributed by atoms with van der Waals surface area (Å²) in [5, 5.41) is 31.0. The number of aliphatic hydroxyl groups is 2. The largest absolute Gasteiger partial charge is 0.496 e. The van der Waals surface area contributed by atoms with E-state index in [-0.39, 0.29) is 17.9 Å². The maximum Gasteiger partial charge on any atom is 0.308 e. The lowest BCUT2D eigenvalue weighted by Gasteiger charge is -2.19. The average molecular weight is 299 g/mol. The standard InChI is InChI=1S/C13H17NO7/c1-3-21-11(16)7-9(15)13(17)12-8(14(18)19)5-4-6-10(12)20-2/h4-6,9,13,15,17H,3,7H2,1-2H3. The molecule has 0 aliphatic heterocycles. The van der Waals surface area contributed by atoms with Gasteiger partial charge in [0.1, 0.15) is 17.4 Å². The van der Waals surface area contributed by atoms with Crippen LogP contribution in [0, 0.1) is 10.1 Å². The Morgan fingerprint density at radius 1 is 1.43 bits per heavy atom. The number of rotatable bonds is 7. The first-order valence-electron chi connectivity index (χ1n) is 6.25. The van der Waals surface area contributed by atoms with Gasteiger partial charge in [-0.3, -0.25) is 14.9 Å².